The van der Waals surface area contributed by atoms with Crippen LogP contribution < -0.4 is 9.47 Å². The first-order valence-electron chi connectivity index (χ1n) is 13.9. The van der Waals surface area contributed by atoms with Crippen molar-refractivity contribution in [2.75, 3.05) is 27.4 Å². The zero-order valence-electron chi connectivity index (χ0n) is 23.2. The Hall–Kier alpha value is -2.85. The lowest BCUT2D eigenvalue weighted by Gasteiger charge is -2.32. The van der Waals surface area contributed by atoms with Crippen molar-refractivity contribution in [1.29, 1.82) is 0 Å². The van der Waals surface area contributed by atoms with E-state index in [1.54, 1.807) is 14.2 Å². The summed E-state index contributed by atoms with van der Waals surface area (Å²) in [5.41, 5.74) is 4.53. The van der Waals surface area contributed by atoms with Gasteiger partial charge in [0, 0.05) is 13.0 Å². The number of carbonyl (C=O) groups excluding carboxylic acids is 2. The van der Waals surface area contributed by atoms with E-state index in [0.29, 0.717) is 25.4 Å². The van der Waals surface area contributed by atoms with Gasteiger partial charge in [0.05, 0.1) is 35.2 Å². The molecule has 2 amide bonds. The van der Waals surface area contributed by atoms with Crippen LogP contribution in [0, 0.1) is 21.3 Å². The Kier molecular flexibility index (Phi) is 8.85. The maximum Gasteiger partial charge on any atom is 0.233 e. The van der Waals surface area contributed by atoms with Crippen LogP contribution in [-0.4, -0.2) is 55.3 Å². The predicted octanol–water partition coefficient (Wildman–Crippen LogP) is 5.99. The van der Waals surface area contributed by atoms with Gasteiger partial charge in [-0.15, -0.1) is 0 Å². The number of amides is 2. The number of fused-ring (bicyclic) bond motifs is 3. The third kappa shape index (κ3) is 5.65. The van der Waals surface area contributed by atoms with Crippen molar-refractivity contribution < 1.29 is 28.9 Å². The van der Waals surface area contributed by atoms with E-state index in [0.717, 1.165) is 51.7 Å². The lowest BCUT2D eigenvalue weighted by atomic mass is 9.69. The molecule has 40 heavy (non-hydrogen) atoms. The Labute approximate surface area is 249 Å². The number of hydrogen-bond acceptors (Lipinski definition) is 6. The van der Waals surface area contributed by atoms with Gasteiger partial charge < -0.3 is 19.3 Å². The molecule has 0 aromatic heterocycles. The van der Waals surface area contributed by atoms with Crippen LogP contribution in [0.3, 0.4) is 0 Å². The number of aromatic hydroxyl groups is 1. The molecular weight excluding hydrogens is 621 g/mol. The van der Waals surface area contributed by atoms with Crippen LogP contribution in [0.25, 0.3) is 6.08 Å². The molecule has 2 aliphatic heterocycles. The summed E-state index contributed by atoms with van der Waals surface area (Å²) in [7, 11) is 3.15. The number of methoxy groups -OCH3 is 1. The van der Waals surface area contributed by atoms with E-state index in [1.165, 1.54) is 10.5 Å². The molecule has 0 spiro atoms. The maximum absolute atomic E-state index is 13.1. The molecule has 2 fully saturated rings. The Balaban J connectivity index is 1.40. The minimum atomic E-state index is -0.352. The second-order valence-corrected chi connectivity index (χ2v) is 12.0. The number of rotatable bonds is 10. The van der Waals surface area contributed by atoms with Gasteiger partial charge in [-0.25, -0.2) is 0 Å². The summed E-state index contributed by atoms with van der Waals surface area (Å²) >= 11 is 2.12. The van der Waals surface area contributed by atoms with Gasteiger partial charge in [0.25, 0.3) is 0 Å². The molecule has 3 aliphatic rings. The summed E-state index contributed by atoms with van der Waals surface area (Å²) in [6, 6.07) is 13.5. The number of likely N-dealkylation sites (tertiary alicyclic amines) is 1. The van der Waals surface area contributed by atoms with E-state index in [-0.39, 0.29) is 41.4 Å². The van der Waals surface area contributed by atoms with Crippen LogP contribution in [0.5, 0.6) is 17.2 Å². The van der Waals surface area contributed by atoms with Crippen molar-refractivity contribution in [3.63, 3.8) is 0 Å². The SMILES string of the molecule is CCC/C(=C\c1cc(I)c(O)c(OC)c1)CC[C@H]1OC[C@H]2C1=C(COc1ccccc1)C[C@H]1C(=O)N(C)C(=O)[C@H]12. The normalized spacial score (nSPS) is 24.4. The molecule has 2 aromatic rings. The number of hydrogen-bond donors (Lipinski definition) is 1. The molecule has 0 unspecified atom stereocenters. The molecule has 1 N–H and O–H groups in total. The molecule has 1 aliphatic carbocycles. The number of imide groups is 1. The summed E-state index contributed by atoms with van der Waals surface area (Å²) in [4.78, 5) is 27.4. The number of carbonyl (C=O) groups is 2. The van der Waals surface area contributed by atoms with E-state index in [1.807, 2.05) is 42.5 Å². The zero-order valence-corrected chi connectivity index (χ0v) is 25.3. The van der Waals surface area contributed by atoms with E-state index >= 15 is 0 Å². The number of allylic oxidation sites excluding steroid dienone is 1. The number of para-hydroxylation sites is 1. The Morgan fingerprint density at radius 1 is 1.15 bits per heavy atom. The quantitative estimate of drug-likeness (QED) is 0.192. The highest BCUT2D eigenvalue weighted by molar-refractivity contribution is 14.1. The second-order valence-electron chi connectivity index (χ2n) is 10.8. The van der Waals surface area contributed by atoms with E-state index in [9.17, 15) is 14.7 Å². The fourth-order valence-electron chi connectivity index (χ4n) is 6.43. The zero-order chi connectivity index (χ0) is 28.4. The van der Waals surface area contributed by atoms with Crippen molar-refractivity contribution in [3.05, 3.63) is 68.3 Å². The first-order valence-corrected chi connectivity index (χ1v) is 15.0. The lowest BCUT2D eigenvalue weighted by Crippen LogP contribution is -2.35. The van der Waals surface area contributed by atoms with Crippen molar-refractivity contribution in [1.82, 2.24) is 4.90 Å². The van der Waals surface area contributed by atoms with Crippen molar-refractivity contribution >= 4 is 40.5 Å². The molecule has 0 radical (unpaired) electrons. The first kappa shape index (κ1) is 28.7. The highest BCUT2D eigenvalue weighted by Gasteiger charge is 2.56. The van der Waals surface area contributed by atoms with Crippen molar-refractivity contribution in [2.24, 2.45) is 17.8 Å². The smallest absolute Gasteiger partial charge is 0.233 e. The van der Waals surface area contributed by atoms with Gasteiger partial charge in [0.15, 0.2) is 11.5 Å². The fourth-order valence-corrected chi connectivity index (χ4v) is 7.05. The summed E-state index contributed by atoms with van der Waals surface area (Å²) in [5, 5.41) is 10.2. The molecule has 2 heterocycles. The van der Waals surface area contributed by atoms with Gasteiger partial charge in [-0.3, -0.25) is 14.5 Å². The molecule has 7 nitrogen and oxygen atoms in total. The Morgan fingerprint density at radius 3 is 2.65 bits per heavy atom. The summed E-state index contributed by atoms with van der Waals surface area (Å²) in [6.07, 6.45) is 6.17. The van der Waals surface area contributed by atoms with Gasteiger partial charge in [-0.2, -0.15) is 0 Å². The second kappa shape index (κ2) is 12.3. The molecule has 4 atom stereocenters. The fraction of sp³-hybridized carbons (Fsp3) is 0.438. The monoisotopic (exact) mass is 657 g/mol. The highest BCUT2D eigenvalue weighted by Crippen LogP contribution is 2.49. The topological polar surface area (TPSA) is 85.3 Å². The summed E-state index contributed by atoms with van der Waals surface area (Å²) in [6.45, 7) is 3.00. The van der Waals surface area contributed by atoms with Gasteiger partial charge in [0.2, 0.25) is 11.8 Å². The average molecular weight is 658 g/mol. The van der Waals surface area contributed by atoms with Gasteiger partial charge in [-0.1, -0.05) is 43.2 Å². The number of phenols is 1. The minimum Gasteiger partial charge on any atom is -0.504 e. The van der Waals surface area contributed by atoms with Crippen LogP contribution in [0.1, 0.15) is 44.6 Å². The molecule has 0 saturated carbocycles. The van der Waals surface area contributed by atoms with Gasteiger partial charge in [-0.05, 0) is 89.2 Å². The molecule has 2 saturated heterocycles. The molecular formula is C32H36INO6. The van der Waals surface area contributed by atoms with Crippen LogP contribution in [-0.2, 0) is 14.3 Å². The predicted molar refractivity (Wildman–Crippen MR) is 161 cm³/mol. The minimum absolute atomic E-state index is 0.0905. The van der Waals surface area contributed by atoms with E-state index in [2.05, 4.69) is 35.6 Å². The van der Waals surface area contributed by atoms with Crippen molar-refractivity contribution in [2.45, 2.75) is 45.1 Å². The number of phenolic OH excluding ortho intramolecular Hbond substituents is 1. The molecule has 0 bridgehead atoms. The van der Waals surface area contributed by atoms with Crippen LogP contribution in [0.4, 0.5) is 0 Å². The van der Waals surface area contributed by atoms with Crippen LogP contribution in [0.2, 0.25) is 0 Å². The number of nitrogens with zero attached hydrogens (tertiary/aromatic N) is 1. The molecule has 2 aromatic carbocycles. The van der Waals surface area contributed by atoms with Gasteiger partial charge in [0.1, 0.15) is 12.4 Å². The lowest BCUT2D eigenvalue weighted by molar-refractivity contribution is -0.138. The Bertz CT molecular complexity index is 1340. The van der Waals surface area contributed by atoms with Crippen molar-refractivity contribution in [3.8, 4) is 17.2 Å². The number of halogens is 1. The van der Waals surface area contributed by atoms with E-state index < -0.39 is 0 Å². The van der Waals surface area contributed by atoms with Gasteiger partial charge >= 0.3 is 0 Å². The Morgan fingerprint density at radius 2 is 1.93 bits per heavy atom. The third-order valence-electron chi connectivity index (χ3n) is 8.32. The molecule has 8 heteroatoms. The first-order chi connectivity index (χ1) is 19.3. The largest absolute Gasteiger partial charge is 0.504 e. The summed E-state index contributed by atoms with van der Waals surface area (Å²) in [5.74, 6) is 0.418. The molecule has 212 valence electrons. The summed E-state index contributed by atoms with van der Waals surface area (Å²) < 4.78 is 18.6. The van der Waals surface area contributed by atoms with Crippen LogP contribution >= 0.6 is 22.6 Å². The highest BCUT2D eigenvalue weighted by atomic mass is 127. The number of benzene rings is 2. The standard InChI is InChI=1S/C32H36INO6/c1-4-8-19(13-20-14-25(33)30(35)27(15-20)38-3)11-12-26-28-21(17-39-22-9-6-5-7-10-22)16-23-29(24(28)18-40-26)32(37)34(2)31(23)36/h5-7,9-10,13-15,23-24,26,29,35H,4,8,11-12,16-18H2,1-3H3/b19-13+/t23-,24+,26-,29-/m1/s1. The van der Waals surface area contributed by atoms with E-state index in [4.69, 9.17) is 14.2 Å². The average Bonchev–Trinajstić information content (AvgIpc) is 3.47. The number of ether oxygens (including phenoxy) is 3. The molecule has 5 rings (SSSR count). The third-order valence-corrected chi connectivity index (χ3v) is 9.15. The maximum atomic E-state index is 13.1. The van der Waals surface area contributed by atoms with Crippen LogP contribution in [0.15, 0.2) is 59.2 Å².